The summed E-state index contributed by atoms with van der Waals surface area (Å²) in [5.74, 6) is -1.67. The number of benzene rings is 3. The van der Waals surface area contributed by atoms with Gasteiger partial charge in [-0.15, -0.1) is 0 Å². The molecule has 0 spiro atoms. The first kappa shape index (κ1) is 32.3. The Morgan fingerprint density at radius 1 is 1.00 bits per heavy atom. The van der Waals surface area contributed by atoms with E-state index in [0.29, 0.717) is 5.56 Å². The molecule has 4 rings (SSSR count). The molecule has 1 heterocycles. The molecule has 0 radical (unpaired) electrons. The summed E-state index contributed by atoms with van der Waals surface area (Å²) in [5, 5.41) is 9.84. The van der Waals surface area contributed by atoms with Crippen LogP contribution in [0.25, 0.3) is 0 Å². The molecule has 3 aromatic rings. The molecule has 14 heteroatoms. The summed E-state index contributed by atoms with van der Waals surface area (Å²) in [4.78, 5) is 14.7. The topological polar surface area (TPSA) is 133 Å². The minimum atomic E-state index is -4.09. The first-order valence-electron chi connectivity index (χ1n) is 13.4. The van der Waals surface area contributed by atoms with Crippen molar-refractivity contribution in [3.05, 3.63) is 83.9 Å². The number of hydrogen-bond donors (Lipinski definition) is 2. The lowest BCUT2D eigenvalue weighted by atomic mass is 10.0. The number of rotatable bonds is 9. The molecule has 1 aliphatic rings. The number of nitrogens with zero attached hydrogens (tertiary/aromatic N) is 2. The zero-order valence-electron chi connectivity index (χ0n) is 23.8. The van der Waals surface area contributed by atoms with Crippen molar-refractivity contribution in [2.24, 2.45) is 5.92 Å². The Morgan fingerprint density at radius 3 is 2.16 bits per heavy atom. The van der Waals surface area contributed by atoms with Crippen LogP contribution in [0.1, 0.15) is 19.4 Å². The fraction of sp³-hybridized carbons (Fsp3) is 0.345. The second-order valence-electron chi connectivity index (χ2n) is 10.5. The summed E-state index contributed by atoms with van der Waals surface area (Å²) in [7, 11) is -6.74. The van der Waals surface area contributed by atoms with Gasteiger partial charge in [0.05, 0.1) is 35.4 Å². The lowest BCUT2D eigenvalue weighted by Crippen LogP contribution is -2.48. The highest BCUT2D eigenvalue weighted by atomic mass is 32.2. The van der Waals surface area contributed by atoms with Crippen molar-refractivity contribution in [2.45, 2.75) is 42.2 Å². The van der Waals surface area contributed by atoms with Gasteiger partial charge < -0.3 is 14.7 Å². The molecule has 1 aliphatic heterocycles. The van der Waals surface area contributed by atoms with Crippen LogP contribution in [-0.2, 0) is 31.3 Å². The number of likely N-dealkylation sites (N-methyl/N-ethyl adjacent to an activating group) is 1. The number of carbonyl (C=O) groups is 1. The van der Waals surface area contributed by atoms with E-state index in [0.717, 1.165) is 40.7 Å². The summed E-state index contributed by atoms with van der Waals surface area (Å²) in [6.45, 7) is 3.18. The monoisotopic (exact) mass is 637 g/mol. The third-order valence-electron chi connectivity index (χ3n) is 7.25. The summed E-state index contributed by atoms with van der Waals surface area (Å²) < 4.78 is 88.8. The van der Waals surface area contributed by atoms with Crippen LogP contribution in [0.3, 0.4) is 0 Å². The van der Waals surface area contributed by atoms with E-state index in [1.165, 1.54) is 42.3 Å². The number of sulfonamides is 2. The molecule has 0 aliphatic carbocycles. The molecule has 10 nitrogen and oxygen atoms in total. The summed E-state index contributed by atoms with van der Waals surface area (Å²) in [6, 6.07) is 12.6. The number of nitrogens with one attached hydrogen (secondary N) is 1. The van der Waals surface area contributed by atoms with Gasteiger partial charge in [-0.3, -0.25) is 9.52 Å². The molecular weight excluding hydrogens is 604 g/mol. The van der Waals surface area contributed by atoms with E-state index in [2.05, 4.69) is 4.72 Å². The Balaban J connectivity index is 1.68. The number of halogens is 2. The molecule has 2 N–H and O–H groups in total. The van der Waals surface area contributed by atoms with E-state index in [1.54, 1.807) is 13.8 Å². The Hall–Kier alpha value is -3.59. The van der Waals surface area contributed by atoms with Crippen LogP contribution in [-0.4, -0.2) is 75.9 Å². The molecule has 0 saturated heterocycles. The normalized spacial score (nSPS) is 18.7. The van der Waals surface area contributed by atoms with Crippen molar-refractivity contribution in [3.8, 4) is 5.75 Å². The lowest BCUT2D eigenvalue weighted by molar-refractivity contribution is -0.134. The second-order valence-corrected chi connectivity index (χ2v) is 14.2. The minimum Gasteiger partial charge on any atom is -0.488 e. The van der Waals surface area contributed by atoms with E-state index >= 15 is 0 Å². The van der Waals surface area contributed by atoms with Gasteiger partial charge in [-0.1, -0.05) is 6.92 Å². The van der Waals surface area contributed by atoms with Gasteiger partial charge in [0.1, 0.15) is 23.5 Å². The maximum atomic E-state index is 13.4. The number of aliphatic hydroxyl groups is 1. The smallest absolute Gasteiger partial charge is 0.261 e. The summed E-state index contributed by atoms with van der Waals surface area (Å²) >= 11 is 0. The first-order chi connectivity index (χ1) is 20.2. The SMILES string of the molecule is C[C@H](CO)N1C[C@H](C)[C@H](CN(C)S(=O)(=O)c2ccc(F)cc2)Oc2ccc(NS(=O)(=O)c3ccc(F)cc3)cc2CC1=O. The number of anilines is 1. The van der Waals surface area contributed by atoms with Crippen molar-refractivity contribution < 1.29 is 40.3 Å². The molecular formula is C29H33F2N3O7S2. The number of hydrogen-bond acceptors (Lipinski definition) is 7. The van der Waals surface area contributed by atoms with Crippen LogP contribution >= 0.6 is 0 Å². The van der Waals surface area contributed by atoms with Gasteiger partial charge in [0.25, 0.3) is 10.0 Å². The van der Waals surface area contributed by atoms with Crippen molar-refractivity contribution in [3.63, 3.8) is 0 Å². The van der Waals surface area contributed by atoms with E-state index in [9.17, 15) is 35.5 Å². The van der Waals surface area contributed by atoms with Gasteiger partial charge in [0.15, 0.2) is 0 Å². The summed E-state index contributed by atoms with van der Waals surface area (Å²) in [6.07, 6.45) is -0.963. The predicted molar refractivity (Wildman–Crippen MR) is 155 cm³/mol. The van der Waals surface area contributed by atoms with Crippen molar-refractivity contribution in [1.29, 1.82) is 0 Å². The molecule has 232 valence electrons. The molecule has 0 aromatic heterocycles. The number of fused-ring (bicyclic) bond motifs is 1. The summed E-state index contributed by atoms with van der Waals surface area (Å²) in [5.41, 5.74) is 0.462. The Bertz CT molecular complexity index is 1670. The quantitative estimate of drug-likeness (QED) is 0.368. The highest BCUT2D eigenvalue weighted by Crippen LogP contribution is 2.30. The maximum absolute atomic E-state index is 13.4. The highest BCUT2D eigenvalue weighted by Gasteiger charge is 2.33. The first-order valence-corrected chi connectivity index (χ1v) is 16.3. The van der Waals surface area contributed by atoms with E-state index in [-0.39, 0.29) is 53.3 Å². The van der Waals surface area contributed by atoms with Crippen LogP contribution in [0.15, 0.2) is 76.5 Å². The molecule has 0 fully saturated rings. The lowest BCUT2D eigenvalue weighted by Gasteiger charge is -2.33. The number of amides is 1. The predicted octanol–water partition coefficient (Wildman–Crippen LogP) is 3.24. The average molecular weight is 638 g/mol. The molecule has 3 aromatic carbocycles. The Kier molecular flexibility index (Phi) is 9.74. The van der Waals surface area contributed by atoms with Gasteiger partial charge in [-0.25, -0.2) is 25.6 Å². The van der Waals surface area contributed by atoms with Crippen LogP contribution in [0, 0.1) is 17.6 Å². The second kappa shape index (κ2) is 13.0. The molecule has 0 unspecified atom stereocenters. The van der Waals surface area contributed by atoms with Gasteiger partial charge in [-0.05, 0) is 73.7 Å². The fourth-order valence-corrected chi connectivity index (χ4v) is 6.91. The van der Waals surface area contributed by atoms with Crippen molar-refractivity contribution in [2.75, 3.05) is 31.5 Å². The maximum Gasteiger partial charge on any atom is 0.261 e. The zero-order valence-corrected chi connectivity index (χ0v) is 25.4. The Morgan fingerprint density at radius 2 is 1.58 bits per heavy atom. The van der Waals surface area contributed by atoms with Gasteiger partial charge in [0.2, 0.25) is 15.9 Å². The van der Waals surface area contributed by atoms with Gasteiger partial charge in [0, 0.05) is 30.8 Å². The molecule has 0 saturated carbocycles. The van der Waals surface area contributed by atoms with E-state index in [1.807, 2.05) is 0 Å². The highest BCUT2D eigenvalue weighted by molar-refractivity contribution is 7.92. The van der Waals surface area contributed by atoms with Crippen LogP contribution in [0.2, 0.25) is 0 Å². The fourth-order valence-electron chi connectivity index (χ4n) is 4.68. The van der Waals surface area contributed by atoms with Crippen molar-refractivity contribution in [1.82, 2.24) is 9.21 Å². The largest absolute Gasteiger partial charge is 0.488 e. The third kappa shape index (κ3) is 7.50. The molecule has 43 heavy (non-hydrogen) atoms. The van der Waals surface area contributed by atoms with Crippen molar-refractivity contribution >= 4 is 31.6 Å². The van der Waals surface area contributed by atoms with E-state index in [4.69, 9.17) is 4.74 Å². The molecule has 0 bridgehead atoms. The van der Waals surface area contributed by atoms with Crippen LogP contribution in [0.5, 0.6) is 5.75 Å². The third-order valence-corrected chi connectivity index (χ3v) is 10.5. The molecule has 1 amide bonds. The number of ether oxygens (including phenoxy) is 1. The van der Waals surface area contributed by atoms with Gasteiger partial charge >= 0.3 is 0 Å². The van der Waals surface area contributed by atoms with Gasteiger partial charge in [-0.2, -0.15) is 4.31 Å². The minimum absolute atomic E-state index is 0.101. The standard InChI is InChI=1S/C29H33F2N3O7S2/c1-19-16-34(20(2)18-35)29(36)15-21-14-24(32-42(37,38)25-9-4-22(30)5-10-25)8-13-27(21)41-28(19)17-33(3)43(39,40)26-11-6-23(31)7-12-26/h4-14,19-20,28,32,35H,15-18H2,1-3H3/t19-,20+,28-/m0/s1. The number of aliphatic hydroxyl groups excluding tert-OH is 1. The number of carbonyl (C=O) groups excluding carboxylic acids is 1. The average Bonchev–Trinajstić information content (AvgIpc) is 3.00. The van der Waals surface area contributed by atoms with E-state index < -0.39 is 49.7 Å². The Labute approximate surface area is 250 Å². The van der Waals surface area contributed by atoms with Crippen LogP contribution in [0.4, 0.5) is 14.5 Å². The van der Waals surface area contributed by atoms with Crippen LogP contribution < -0.4 is 9.46 Å². The molecule has 3 atom stereocenters. The zero-order chi connectivity index (χ0) is 31.5.